The van der Waals surface area contributed by atoms with Crippen molar-refractivity contribution in [2.45, 2.75) is 5.41 Å². The summed E-state index contributed by atoms with van der Waals surface area (Å²) in [5.74, 6) is 0. The molecule has 0 fully saturated rings. The minimum atomic E-state index is -0.708. The van der Waals surface area contributed by atoms with Gasteiger partial charge in [-0.15, -0.1) is 0 Å². The van der Waals surface area contributed by atoms with Gasteiger partial charge >= 0.3 is 0 Å². The zero-order valence-corrected chi connectivity index (χ0v) is 29.3. The summed E-state index contributed by atoms with van der Waals surface area (Å²) in [5, 5.41) is 4.44. The molecule has 3 heterocycles. The topological polar surface area (TPSA) is 35.9 Å². The summed E-state index contributed by atoms with van der Waals surface area (Å²) >= 11 is 0. The minimum absolute atomic E-state index is 0.708. The number of hydrogen-bond acceptors (Lipinski definition) is 2. The Balaban J connectivity index is 1.41. The maximum absolute atomic E-state index is 7.44. The maximum atomic E-state index is 7.44. The molecular formula is C50H33N3O. The smallest absolute Gasteiger partial charge is 0.160 e. The highest BCUT2D eigenvalue weighted by atomic mass is 16.3. The molecule has 0 aliphatic rings. The fraction of sp³-hybridized carbons (Fsp3) is 0.0200. The Kier molecular flexibility index (Phi) is 6.73. The van der Waals surface area contributed by atoms with Gasteiger partial charge in [-0.2, -0.15) is 0 Å². The van der Waals surface area contributed by atoms with Crippen LogP contribution in [0.5, 0.6) is 0 Å². The second-order valence-corrected chi connectivity index (χ2v) is 13.9. The van der Waals surface area contributed by atoms with Gasteiger partial charge in [0.2, 0.25) is 0 Å². The van der Waals surface area contributed by atoms with Crippen LogP contribution in [0.15, 0.2) is 205 Å². The number of nitrogens with zero attached hydrogens (tertiary/aromatic N) is 3. The third kappa shape index (κ3) is 4.28. The van der Waals surface area contributed by atoms with Crippen LogP contribution in [0.1, 0.15) is 22.3 Å². The van der Waals surface area contributed by atoms with E-state index >= 15 is 0 Å². The number of fused-ring (bicyclic) bond motifs is 8. The van der Waals surface area contributed by atoms with Gasteiger partial charge in [0.05, 0.1) is 33.2 Å². The van der Waals surface area contributed by atoms with Crippen LogP contribution in [-0.4, -0.2) is 14.1 Å². The lowest BCUT2D eigenvalue weighted by molar-refractivity contribution is 0.666. The van der Waals surface area contributed by atoms with Crippen LogP contribution in [0.3, 0.4) is 0 Å². The van der Waals surface area contributed by atoms with Crippen LogP contribution in [0.4, 0.5) is 0 Å². The third-order valence-electron chi connectivity index (χ3n) is 11.1. The normalized spacial score (nSPS) is 12.1. The summed E-state index contributed by atoms with van der Waals surface area (Å²) in [4.78, 5) is 4.78. The molecule has 0 radical (unpaired) electrons. The average molecular weight is 692 g/mol. The Labute approximate surface area is 311 Å². The molecule has 0 bridgehead atoms. The maximum Gasteiger partial charge on any atom is 0.160 e. The van der Waals surface area contributed by atoms with E-state index in [4.69, 9.17) is 9.40 Å². The first kappa shape index (κ1) is 30.5. The first-order valence-corrected chi connectivity index (χ1v) is 18.4. The summed E-state index contributed by atoms with van der Waals surface area (Å²) in [6.45, 7) is 0. The quantitative estimate of drug-likeness (QED) is 0.163. The molecule has 0 atom stereocenters. The van der Waals surface area contributed by atoms with Crippen molar-refractivity contribution >= 4 is 54.8 Å². The van der Waals surface area contributed by atoms with Gasteiger partial charge in [-0.3, -0.25) is 4.57 Å². The molecule has 8 aromatic carbocycles. The molecule has 11 aromatic rings. The third-order valence-corrected chi connectivity index (χ3v) is 11.1. The molecule has 4 heteroatoms. The van der Waals surface area contributed by atoms with E-state index in [1.165, 1.54) is 22.1 Å². The number of benzene rings is 8. The van der Waals surface area contributed by atoms with Crippen molar-refractivity contribution in [3.63, 3.8) is 0 Å². The molecule has 4 nitrogen and oxygen atoms in total. The monoisotopic (exact) mass is 691 g/mol. The van der Waals surface area contributed by atoms with E-state index in [0.29, 0.717) is 0 Å². The molecular weight excluding hydrogens is 659 g/mol. The second-order valence-electron chi connectivity index (χ2n) is 13.9. The lowest BCUT2D eigenvalue weighted by atomic mass is 9.64. The largest absolute Gasteiger partial charge is 0.452 e. The van der Waals surface area contributed by atoms with Gasteiger partial charge in [-0.1, -0.05) is 152 Å². The van der Waals surface area contributed by atoms with Crippen LogP contribution in [0, 0.1) is 0 Å². The molecule has 0 aliphatic carbocycles. The highest BCUT2D eigenvalue weighted by Crippen LogP contribution is 2.52. The van der Waals surface area contributed by atoms with Crippen LogP contribution >= 0.6 is 0 Å². The second kappa shape index (κ2) is 11.9. The Hall–Kier alpha value is -7.17. The summed E-state index contributed by atoms with van der Waals surface area (Å²) < 4.78 is 12.0. The lowest BCUT2D eigenvalue weighted by Crippen LogP contribution is -2.31. The average Bonchev–Trinajstić information content (AvgIpc) is 3.95. The summed E-state index contributed by atoms with van der Waals surface area (Å²) in [7, 11) is 0. The number of para-hydroxylation sites is 5. The lowest BCUT2D eigenvalue weighted by Gasteiger charge is -2.37. The molecule has 254 valence electrons. The van der Waals surface area contributed by atoms with E-state index in [0.717, 1.165) is 66.3 Å². The molecule has 3 aromatic heterocycles. The first-order chi connectivity index (χ1) is 26.8. The van der Waals surface area contributed by atoms with Crippen molar-refractivity contribution in [1.82, 2.24) is 14.1 Å². The van der Waals surface area contributed by atoms with Crippen molar-refractivity contribution in [2.75, 3.05) is 0 Å². The van der Waals surface area contributed by atoms with E-state index in [-0.39, 0.29) is 0 Å². The van der Waals surface area contributed by atoms with Gasteiger partial charge < -0.3 is 8.98 Å². The van der Waals surface area contributed by atoms with Crippen molar-refractivity contribution in [3.05, 3.63) is 223 Å². The van der Waals surface area contributed by atoms with Gasteiger partial charge in [-0.25, -0.2) is 4.98 Å². The molecule has 0 aliphatic heterocycles. The molecule has 0 amide bonds. The molecule has 0 N–H and O–H groups in total. The molecule has 0 saturated carbocycles. The van der Waals surface area contributed by atoms with Gasteiger partial charge in [0.25, 0.3) is 0 Å². The fourth-order valence-electron chi connectivity index (χ4n) is 8.90. The molecule has 0 saturated heterocycles. The zero-order chi connectivity index (χ0) is 35.6. The number of imidazole rings is 1. The minimum Gasteiger partial charge on any atom is -0.452 e. The summed E-state index contributed by atoms with van der Waals surface area (Å²) in [6, 6.07) is 69.5. The van der Waals surface area contributed by atoms with Crippen molar-refractivity contribution in [1.29, 1.82) is 0 Å². The molecule has 54 heavy (non-hydrogen) atoms. The predicted octanol–water partition coefficient (Wildman–Crippen LogP) is 12.4. The van der Waals surface area contributed by atoms with E-state index < -0.39 is 5.41 Å². The van der Waals surface area contributed by atoms with E-state index in [1.807, 2.05) is 12.4 Å². The van der Waals surface area contributed by atoms with Crippen LogP contribution in [0.2, 0.25) is 0 Å². The van der Waals surface area contributed by atoms with Crippen LogP contribution in [0.25, 0.3) is 66.2 Å². The van der Waals surface area contributed by atoms with E-state index in [9.17, 15) is 0 Å². The Morgan fingerprint density at radius 3 is 1.69 bits per heavy atom. The van der Waals surface area contributed by atoms with Gasteiger partial charge in [-0.05, 0) is 64.7 Å². The number of furan rings is 1. The fourth-order valence-corrected chi connectivity index (χ4v) is 8.90. The Morgan fingerprint density at radius 1 is 0.463 bits per heavy atom. The van der Waals surface area contributed by atoms with Crippen molar-refractivity contribution in [2.24, 2.45) is 0 Å². The SMILES string of the molecule is c1ccc(-n2c3ccccc3c3cc(C(c4ccccc4)(c4ccccc4)c4ccccc4)c4c5cccc(-n6cnc7ccccc76)c5oc4c32)cc1. The Bertz CT molecular complexity index is 3040. The summed E-state index contributed by atoms with van der Waals surface area (Å²) in [5.41, 5.74) is 11.8. The van der Waals surface area contributed by atoms with Crippen molar-refractivity contribution < 1.29 is 4.42 Å². The number of hydrogen-bond donors (Lipinski definition) is 0. The number of aromatic nitrogens is 3. The van der Waals surface area contributed by atoms with E-state index in [1.54, 1.807) is 0 Å². The Morgan fingerprint density at radius 2 is 1.02 bits per heavy atom. The first-order valence-electron chi connectivity index (χ1n) is 18.4. The van der Waals surface area contributed by atoms with Crippen LogP contribution < -0.4 is 0 Å². The summed E-state index contributed by atoms with van der Waals surface area (Å²) in [6.07, 6.45) is 1.91. The highest BCUT2D eigenvalue weighted by Gasteiger charge is 2.41. The standard InChI is InChI=1S/C50H33N3O/c1-5-18-34(19-6-1)50(35-20-7-2-8-21-35,36-22-9-3-10-23-36)41-32-40-38-26-13-15-29-43(38)53(37-24-11-4-12-25-37)47(40)49-46(41)39-27-17-31-45(48(39)54-49)52-33-51-42-28-14-16-30-44(42)52/h1-33H. The molecule has 0 spiro atoms. The molecule has 11 rings (SSSR count). The molecule has 0 unspecified atom stereocenters. The van der Waals surface area contributed by atoms with Gasteiger partial charge in [0.15, 0.2) is 11.2 Å². The van der Waals surface area contributed by atoms with Crippen LogP contribution in [-0.2, 0) is 5.41 Å². The van der Waals surface area contributed by atoms with E-state index in [2.05, 4.69) is 197 Å². The predicted molar refractivity (Wildman–Crippen MR) is 221 cm³/mol. The highest BCUT2D eigenvalue weighted by molar-refractivity contribution is 6.24. The van der Waals surface area contributed by atoms with Gasteiger partial charge in [0, 0.05) is 27.2 Å². The van der Waals surface area contributed by atoms with Gasteiger partial charge in [0.1, 0.15) is 6.33 Å². The van der Waals surface area contributed by atoms with Crippen molar-refractivity contribution in [3.8, 4) is 11.4 Å². The zero-order valence-electron chi connectivity index (χ0n) is 29.3. The number of rotatable bonds is 6.